The van der Waals surface area contributed by atoms with E-state index >= 15 is 0 Å². The van der Waals surface area contributed by atoms with Crippen molar-refractivity contribution in [1.29, 1.82) is 0 Å². The minimum absolute atomic E-state index is 0.818. The third-order valence-corrected chi connectivity index (χ3v) is 12.0. The summed E-state index contributed by atoms with van der Waals surface area (Å²) in [7, 11) is 0. The number of unbranched alkanes of at least 4 members (excludes halogenated alkanes) is 20. The Kier molecular flexibility index (Phi) is 23.7. The third-order valence-electron chi connectivity index (χ3n) is 12.0. The molecule has 0 nitrogen and oxygen atoms in total. The summed E-state index contributed by atoms with van der Waals surface area (Å²) in [5, 5.41) is 5.83. The minimum atomic E-state index is 0.818. The highest BCUT2D eigenvalue weighted by Gasteiger charge is 2.19. The molecule has 0 N–H and O–H groups in total. The second kappa shape index (κ2) is 27.8. The van der Waals surface area contributed by atoms with Crippen LogP contribution in [0.4, 0.5) is 0 Å². The average molecular weight is 683 g/mol. The molecule has 3 aromatic carbocycles. The molecule has 0 aliphatic heterocycles. The van der Waals surface area contributed by atoms with Crippen LogP contribution in [0.25, 0.3) is 21.5 Å². The molecule has 0 atom stereocenters. The van der Waals surface area contributed by atoms with Crippen LogP contribution in [-0.4, -0.2) is 0 Å². The Bertz CT molecular complexity index is 1200. The van der Waals surface area contributed by atoms with E-state index in [1.54, 1.807) is 16.5 Å². The lowest BCUT2D eigenvalue weighted by molar-refractivity contribution is 0.390. The molecular formula is C50H82. The zero-order chi connectivity index (χ0) is 35.5. The summed E-state index contributed by atoms with van der Waals surface area (Å²) in [5.74, 6) is 1.65. The first kappa shape index (κ1) is 42.6. The molecule has 0 aliphatic carbocycles. The normalized spacial score (nSPS) is 12.0. The van der Waals surface area contributed by atoms with Crippen LogP contribution in [0.15, 0.2) is 48.5 Å². The standard InChI is InChI=1S/C50H82/c1-5-9-13-17-21-25-31-43(32-26-22-18-14-10-6-2)39-47-37-38-48-41-45-35-29-30-36-46(45)42-50(48)49(47)40-44(33-27-23-19-15-11-7-3)34-28-24-20-16-12-8-4/h29-30,35-38,41-44H,5-28,31-34,39-40H2,1-4H3. The summed E-state index contributed by atoms with van der Waals surface area (Å²) in [6, 6.07) is 19.2. The Morgan fingerprint density at radius 2 is 0.740 bits per heavy atom. The van der Waals surface area contributed by atoms with Crippen LogP contribution in [0, 0.1) is 11.8 Å². The lowest BCUT2D eigenvalue weighted by Gasteiger charge is -2.24. The van der Waals surface area contributed by atoms with Gasteiger partial charge in [-0.3, -0.25) is 0 Å². The van der Waals surface area contributed by atoms with Gasteiger partial charge in [0.15, 0.2) is 0 Å². The molecule has 0 spiro atoms. The summed E-state index contributed by atoms with van der Waals surface area (Å²) < 4.78 is 0. The van der Waals surface area contributed by atoms with Crippen LogP contribution in [-0.2, 0) is 12.8 Å². The third kappa shape index (κ3) is 17.1. The van der Waals surface area contributed by atoms with Gasteiger partial charge >= 0.3 is 0 Å². The van der Waals surface area contributed by atoms with E-state index in [0.29, 0.717) is 0 Å². The minimum Gasteiger partial charge on any atom is -0.0654 e. The van der Waals surface area contributed by atoms with Gasteiger partial charge in [0, 0.05) is 0 Å². The number of fused-ring (bicyclic) bond motifs is 2. The van der Waals surface area contributed by atoms with Gasteiger partial charge in [-0.15, -0.1) is 0 Å². The number of hydrogen-bond donors (Lipinski definition) is 0. The van der Waals surface area contributed by atoms with Gasteiger partial charge in [-0.25, -0.2) is 0 Å². The lowest BCUT2D eigenvalue weighted by Crippen LogP contribution is -2.12. The van der Waals surface area contributed by atoms with Gasteiger partial charge in [0.25, 0.3) is 0 Å². The molecule has 0 heterocycles. The molecule has 0 aliphatic rings. The van der Waals surface area contributed by atoms with E-state index in [1.165, 1.54) is 209 Å². The van der Waals surface area contributed by atoms with E-state index in [2.05, 4.69) is 76.2 Å². The van der Waals surface area contributed by atoms with E-state index < -0.39 is 0 Å². The number of hydrogen-bond acceptors (Lipinski definition) is 0. The van der Waals surface area contributed by atoms with Crippen LogP contribution in [0.3, 0.4) is 0 Å². The second-order valence-electron chi connectivity index (χ2n) is 16.5. The van der Waals surface area contributed by atoms with Gasteiger partial charge in [-0.1, -0.05) is 244 Å². The molecule has 0 bridgehead atoms. The van der Waals surface area contributed by atoms with Crippen molar-refractivity contribution in [2.45, 2.75) is 220 Å². The smallest absolute Gasteiger partial charge is 0.0143 e. The van der Waals surface area contributed by atoms with Gasteiger partial charge in [0.2, 0.25) is 0 Å². The summed E-state index contributed by atoms with van der Waals surface area (Å²) in [4.78, 5) is 0. The van der Waals surface area contributed by atoms with Crippen LogP contribution >= 0.6 is 0 Å². The first-order valence-electron chi connectivity index (χ1n) is 22.6. The Morgan fingerprint density at radius 1 is 0.360 bits per heavy atom. The van der Waals surface area contributed by atoms with Crippen molar-refractivity contribution < 1.29 is 0 Å². The molecule has 0 amide bonds. The highest BCUT2D eigenvalue weighted by Crippen LogP contribution is 2.35. The highest BCUT2D eigenvalue weighted by molar-refractivity contribution is 6.00. The first-order valence-corrected chi connectivity index (χ1v) is 22.6. The molecule has 0 fully saturated rings. The molecule has 0 saturated heterocycles. The molecule has 0 unspecified atom stereocenters. The molecule has 282 valence electrons. The van der Waals surface area contributed by atoms with Crippen LogP contribution < -0.4 is 0 Å². The van der Waals surface area contributed by atoms with E-state index in [9.17, 15) is 0 Å². The second-order valence-corrected chi connectivity index (χ2v) is 16.5. The predicted octanol–water partition coefficient (Wildman–Crippen LogP) is 17.3. The van der Waals surface area contributed by atoms with Crippen LogP contribution in [0.1, 0.15) is 219 Å². The van der Waals surface area contributed by atoms with Crippen molar-refractivity contribution in [3.05, 3.63) is 59.7 Å². The maximum Gasteiger partial charge on any atom is -0.0143 e. The summed E-state index contributed by atoms with van der Waals surface area (Å²) in [6.45, 7) is 9.36. The zero-order valence-electron chi connectivity index (χ0n) is 34.0. The molecular weight excluding hydrogens is 601 g/mol. The fourth-order valence-corrected chi connectivity index (χ4v) is 8.70. The zero-order valence-corrected chi connectivity index (χ0v) is 34.0. The fourth-order valence-electron chi connectivity index (χ4n) is 8.70. The predicted molar refractivity (Wildman–Crippen MR) is 228 cm³/mol. The average Bonchev–Trinajstić information content (AvgIpc) is 3.13. The molecule has 3 rings (SSSR count). The molecule has 3 aromatic rings. The van der Waals surface area contributed by atoms with Gasteiger partial charge < -0.3 is 0 Å². The van der Waals surface area contributed by atoms with Crippen molar-refractivity contribution in [3.8, 4) is 0 Å². The van der Waals surface area contributed by atoms with Crippen molar-refractivity contribution in [2.24, 2.45) is 11.8 Å². The van der Waals surface area contributed by atoms with Crippen molar-refractivity contribution in [3.63, 3.8) is 0 Å². The van der Waals surface area contributed by atoms with Gasteiger partial charge in [-0.2, -0.15) is 0 Å². The van der Waals surface area contributed by atoms with Crippen molar-refractivity contribution >= 4 is 21.5 Å². The van der Waals surface area contributed by atoms with E-state index in [0.717, 1.165) is 11.8 Å². The SMILES string of the molecule is CCCCCCCCC(CCCCCCCC)Cc1ccc2cc3ccccc3cc2c1CC(CCCCCCCC)CCCCCCCC. The summed E-state index contributed by atoms with van der Waals surface area (Å²) in [5.41, 5.74) is 3.43. The first-order chi connectivity index (χ1) is 24.7. The number of rotatable bonds is 32. The maximum absolute atomic E-state index is 2.59. The molecule has 0 saturated carbocycles. The van der Waals surface area contributed by atoms with E-state index in [-0.39, 0.29) is 0 Å². The van der Waals surface area contributed by atoms with Crippen LogP contribution in [0.5, 0.6) is 0 Å². The van der Waals surface area contributed by atoms with Crippen molar-refractivity contribution in [1.82, 2.24) is 0 Å². The number of benzene rings is 3. The van der Waals surface area contributed by atoms with Gasteiger partial charge in [-0.05, 0) is 69.5 Å². The van der Waals surface area contributed by atoms with E-state index in [4.69, 9.17) is 0 Å². The fraction of sp³-hybridized carbons (Fsp3) is 0.720. The highest BCUT2D eigenvalue weighted by atomic mass is 14.2. The Hall–Kier alpha value is -1.82. The maximum atomic E-state index is 2.59. The monoisotopic (exact) mass is 683 g/mol. The Morgan fingerprint density at radius 3 is 1.18 bits per heavy atom. The Labute approximate surface area is 312 Å². The van der Waals surface area contributed by atoms with Crippen molar-refractivity contribution in [2.75, 3.05) is 0 Å². The van der Waals surface area contributed by atoms with Gasteiger partial charge in [0.1, 0.15) is 0 Å². The molecule has 0 heteroatoms. The topological polar surface area (TPSA) is 0 Å². The largest absolute Gasteiger partial charge is 0.0654 e. The quantitative estimate of drug-likeness (QED) is 0.0454. The molecule has 0 radical (unpaired) electrons. The molecule has 50 heavy (non-hydrogen) atoms. The van der Waals surface area contributed by atoms with Crippen LogP contribution in [0.2, 0.25) is 0 Å². The lowest BCUT2D eigenvalue weighted by atomic mass is 9.81. The van der Waals surface area contributed by atoms with E-state index in [1.807, 2.05) is 0 Å². The van der Waals surface area contributed by atoms with Gasteiger partial charge in [0.05, 0.1) is 0 Å². The molecule has 0 aromatic heterocycles. The summed E-state index contributed by atoms with van der Waals surface area (Å²) >= 11 is 0. The Balaban J connectivity index is 1.85. The summed E-state index contributed by atoms with van der Waals surface area (Å²) in [6.07, 6.45) is 42.2.